The normalized spacial score (nSPS) is 10.5. The number of carboxylic acid groups (broad SMARTS) is 1. The van der Waals surface area contributed by atoms with Crippen LogP contribution in [-0.4, -0.2) is 39.6 Å². The van der Waals surface area contributed by atoms with Gasteiger partial charge in [-0.05, 0) is 20.8 Å². The number of hydrogen-bond acceptors (Lipinski definition) is 4. The number of thiazole rings is 1. The van der Waals surface area contributed by atoms with Gasteiger partial charge in [0.15, 0.2) is 0 Å². The first-order valence-electron chi connectivity index (χ1n) is 6.07. The van der Waals surface area contributed by atoms with E-state index in [0.29, 0.717) is 6.54 Å². The van der Waals surface area contributed by atoms with E-state index in [1.54, 1.807) is 6.20 Å². The average molecular weight is 285 g/mol. The third-order valence-electron chi connectivity index (χ3n) is 2.51. The quantitative estimate of drug-likeness (QED) is 0.835. The van der Waals surface area contributed by atoms with E-state index in [9.17, 15) is 9.59 Å². The summed E-state index contributed by atoms with van der Waals surface area (Å²) in [6.45, 7) is 6.24. The minimum Gasteiger partial charge on any atom is -0.481 e. The number of aryl methyl sites for hydroxylation is 1. The van der Waals surface area contributed by atoms with Crippen LogP contribution in [0.2, 0.25) is 0 Å². The maximum absolute atomic E-state index is 12.0. The van der Waals surface area contributed by atoms with Gasteiger partial charge in [-0.2, -0.15) is 0 Å². The van der Waals surface area contributed by atoms with Crippen molar-refractivity contribution in [2.75, 3.05) is 6.54 Å². The number of rotatable bonds is 6. The average Bonchev–Trinajstić information content (AvgIpc) is 2.72. The van der Waals surface area contributed by atoms with Crippen molar-refractivity contribution < 1.29 is 14.7 Å². The molecule has 0 unspecified atom stereocenters. The van der Waals surface area contributed by atoms with Gasteiger partial charge < -0.3 is 15.3 Å². The summed E-state index contributed by atoms with van der Waals surface area (Å²) in [6.07, 6.45) is 1.71. The summed E-state index contributed by atoms with van der Waals surface area (Å²) >= 11 is 1.53. The molecule has 0 saturated heterocycles. The molecule has 2 amide bonds. The Bertz CT molecular complexity index is 445. The van der Waals surface area contributed by atoms with E-state index in [2.05, 4.69) is 10.3 Å². The Labute approximate surface area is 116 Å². The molecule has 0 fully saturated rings. The van der Waals surface area contributed by atoms with Gasteiger partial charge >= 0.3 is 12.0 Å². The summed E-state index contributed by atoms with van der Waals surface area (Å²) in [7, 11) is 0. The van der Waals surface area contributed by atoms with Gasteiger partial charge in [0.05, 0.1) is 13.0 Å². The maximum atomic E-state index is 12.0. The van der Waals surface area contributed by atoms with Gasteiger partial charge in [0.1, 0.15) is 5.01 Å². The first-order valence-corrected chi connectivity index (χ1v) is 6.89. The van der Waals surface area contributed by atoms with Gasteiger partial charge in [-0.3, -0.25) is 4.79 Å². The number of hydrogen-bond donors (Lipinski definition) is 2. The molecule has 0 aliphatic rings. The Morgan fingerprint density at radius 1 is 1.53 bits per heavy atom. The van der Waals surface area contributed by atoms with Crippen molar-refractivity contribution in [3.8, 4) is 0 Å². The molecule has 1 aromatic rings. The number of aromatic nitrogens is 1. The zero-order valence-corrected chi connectivity index (χ0v) is 12.2. The van der Waals surface area contributed by atoms with Crippen molar-refractivity contribution in [3.05, 3.63) is 16.1 Å². The van der Waals surface area contributed by atoms with Crippen molar-refractivity contribution >= 4 is 23.3 Å². The number of nitrogens with zero attached hydrogens (tertiary/aromatic N) is 2. The number of amides is 2. The van der Waals surface area contributed by atoms with E-state index in [4.69, 9.17) is 5.11 Å². The molecule has 106 valence electrons. The second kappa shape index (κ2) is 7.08. The fraction of sp³-hybridized carbons (Fsp3) is 0.583. The molecule has 6 nitrogen and oxygen atoms in total. The largest absolute Gasteiger partial charge is 0.481 e. The Morgan fingerprint density at radius 2 is 2.21 bits per heavy atom. The number of carbonyl (C=O) groups excluding carboxylic acids is 1. The van der Waals surface area contributed by atoms with Crippen LogP contribution in [0.25, 0.3) is 0 Å². The number of urea groups is 1. The fourth-order valence-corrected chi connectivity index (χ4v) is 2.27. The van der Waals surface area contributed by atoms with Crippen LogP contribution in [0.4, 0.5) is 4.79 Å². The van der Waals surface area contributed by atoms with Gasteiger partial charge in [-0.1, -0.05) is 0 Å². The highest BCUT2D eigenvalue weighted by Gasteiger charge is 2.17. The first kappa shape index (κ1) is 15.4. The Kier molecular flexibility index (Phi) is 5.75. The maximum Gasteiger partial charge on any atom is 0.317 e. The molecule has 0 aliphatic carbocycles. The zero-order chi connectivity index (χ0) is 14.4. The van der Waals surface area contributed by atoms with Crippen LogP contribution in [0.5, 0.6) is 0 Å². The van der Waals surface area contributed by atoms with Crippen LogP contribution in [0.1, 0.15) is 30.2 Å². The summed E-state index contributed by atoms with van der Waals surface area (Å²) in [5.74, 6) is -0.908. The van der Waals surface area contributed by atoms with E-state index in [0.717, 1.165) is 9.88 Å². The van der Waals surface area contributed by atoms with Gasteiger partial charge in [0, 0.05) is 23.7 Å². The molecule has 0 saturated carbocycles. The minimum absolute atomic E-state index is 0.0441. The molecule has 0 atom stereocenters. The lowest BCUT2D eigenvalue weighted by Gasteiger charge is -2.26. The van der Waals surface area contributed by atoms with Crippen molar-refractivity contribution in [3.63, 3.8) is 0 Å². The summed E-state index contributed by atoms with van der Waals surface area (Å²) in [5, 5.41) is 12.3. The molecule has 0 radical (unpaired) electrons. The van der Waals surface area contributed by atoms with E-state index >= 15 is 0 Å². The Balaban J connectivity index is 2.49. The number of carboxylic acids is 1. The molecule has 1 rings (SSSR count). The molecule has 0 aliphatic heterocycles. The topological polar surface area (TPSA) is 82.5 Å². The highest BCUT2D eigenvalue weighted by Crippen LogP contribution is 2.11. The number of nitrogens with one attached hydrogen (secondary N) is 1. The summed E-state index contributed by atoms with van der Waals surface area (Å²) in [5.41, 5.74) is 0. The summed E-state index contributed by atoms with van der Waals surface area (Å²) in [6, 6.07) is -0.304. The van der Waals surface area contributed by atoms with Crippen molar-refractivity contribution in [1.82, 2.24) is 15.2 Å². The number of aliphatic carboxylic acids is 1. The molecular formula is C12H19N3O3S. The van der Waals surface area contributed by atoms with Crippen molar-refractivity contribution in [2.24, 2.45) is 0 Å². The van der Waals surface area contributed by atoms with Crippen LogP contribution in [0.3, 0.4) is 0 Å². The third-order valence-corrected chi connectivity index (χ3v) is 3.42. The van der Waals surface area contributed by atoms with Gasteiger partial charge in [-0.25, -0.2) is 9.78 Å². The van der Waals surface area contributed by atoms with Crippen molar-refractivity contribution in [1.29, 1.82) is 0 Å². The molecule has 0 bridgehead atoms. The second-order valence-corrected chi connectivity index (χ2v) is 5.77. The molecular weight excluding hydrogens is 266 g/mol. The highest BCUT2D eigenvalue weighted by atomic mass is 32.1. The summed E-state index contributed by atoms with van der Waals surface area (Å²) in [4.78, 5) is 29.3. The molecule has 1 heterocycles. The minimum atomic E-state index is -0.908. The Hall–Kier alpha value is -1.63. The van der Waals surface area contributed by atoms with Crippen LogP contribution >= 0.6 is 11.3 Å². The molecule has 0 spiro atoms. The lowest BCUT2D eigenvalue weighted by molar-refractivity contribution is -0.137. The van der Waals surface area contributed by atoms with Gasteiger partial charge in [-0.15, -0.1) is 11.3 Å². The smallest absolute Gasteiger partial charge is 0.317 e. The molecule has 0 aromatic carbocycles. The molecule has 1 aromatic heterocycles. The van der Waals surface area contributed by atoms with E-state index < -0.39 is 5.97 Å². The van der Waals surface area contributed by atoms with E-state index in [1.807, 2.05) is 20.8 Å². The van der Waals surface area contributed by atoms with Crippen LogP contribution in [0, 0.1) is 6.92 Å². The van der Waals surface area contributed by atoms with E-state index in [1.165, 1.54) is 16.2 Å². The lowest BCUT2D eigenvalue weighted by Crippen LogP contribution is -2.44. The Morgan fingerprint density at radius 3 is 2.68 bits per heavy atom. The monoisotopic (exact) mass is 285 g/mol. The van der Waals surface area contributed by atoms with Gasteiger partial charge in [0.2, 0.25) is 0 Å². The molecule has 19 heavy (non-hydrogen) atoms. The number of carbonyl (C=O) groups is 2. The van der Waals surface area contributed by atoms with Gasteiger partial charge in [0.25, 0.3) is 0 Å². The third kappa shape index (κ3) is 5.25. The lowest BCUT2D eigenvalue weighted by atomic mass is 10.3. The van der Waals surface area contributed by atoms with Crippen LogP contribution < -0.4 is 5.32 Å². The molecule has 2 N–H and O–H groups in total. The predicted molar refractivity (Wildman–Crippen MR) is 73.2 cm³/mol. The van der Waals surface area contributed by atoms with E-state index in [-0.39, 0.29) is 25.0 Å². The fourth-order valence-electron chi connectivity index (χ4n) is 1.55. The first-order chi connectivity index (χ1) is 8.90. The SMILES string of the molecule is Cc1cnc(CNC(=O)N(CCC(=O)O)C(C)C)s1. The molecule has 7 heteroatoms. The standard InChI is InChI=1S/C12H19N3O3S/c1-8(2)15(5-4-11(16)17)12(18)14-7-10-13-6-9(3)19-10/h6,8H,4-5,7H2,1-3H3,(H,14,18)(H,16,17). The van der Waals surface area contributed by atoms with Crippen LogP contribution in [0.15, 0.2) is 6.20 Å². The predicted octanol–water partition coefficient (Wildman–Crippen LogP) is 1.85. The summed E-state index contributed by atoms with van der Waals surface area (Å²) < 4.78 is 0. The highest BCUT2D eigenvalue weighted by molar-refractivity contribution is 7.11. The van der Waals surface area contributed by atoms with Crippen LogP contribution in [-0.2, 0) is 11.3 Å². The second-order valence-electron chi connectivity index (χ2n) is 4.45. The zero-order valence-electron chi connectivity index (χ0n) is 11.3. The van der Waals surface area contributed by atoms with Crippen molar-refractivity contribution in [2.45, 2.75) is 39.8 Å².